The summed E-state index contributed by atoms with van der Waals surface area (Å²) in [5, 5.41) is 4.99. The molecule has 0 heterocycles. The van der Waals surface area contributed by atoms with E-state index in [0.717, 1.165) is 5.56 Å². The Morgan fingerprint density at radius 2 is 1.43 bits per heavy atom. The maximum Gasteiger partial charge on any atom is 0.240 e. The number of hydrogen-bond donors (Lipinski definition) is 2. The molecule has 2 aromatic rings. The third-order valence-corrected chi connectivity index (χ3v) is 5.78. The maximum absolute atomic E-state index is 12.2. The molecule has 0 amide bonds. The van der Waals surface area contributed by atoms with E-state index >= 15 is 0 Å². The monoisotopic (exact) mass is 354 g/mol. The van der Waals surface area contributed by atoms with Crippen LogP contribution in [-0.4, -0.2) is 23.4 Å². The van der Waals surface area contributed by atoms with E-state index in [9.17, 15) is 16.8 Å². The van der Waals surface area contributed by atoms with Gasteiger partial charge in [0.1, 0.15) is 0 Å². The fourth-order valence-corrected chi connectivity index (χ4v) is 3.67. The SMILES string of the molecule is C[C@@H](CNS(=O)(=O)c1ccc(S(N)(=O)=O)cc1)c1ccccc1. The predicted octanol–water partition coefficient (Wildman–Crippen LogP) is 1.42. The molecule has 2 aromatic carbocycles. The van der Waals surface area contributed by atoms with E-state index in [1.807, 2.05) is 37.3 Å². The van der Waals surface area contributed by atoms with Gasteiger partial charge >= 0.3 is 0 Å². The van der Waals surface area contributed by atoms with Crippen molar-refractivity contribution in [1.29, 1.82) is 0 Å². The molecule has 0 spiro atoms. The van der Waals surface area contributed by atoms with Crippen molar-refractivity contribution >= 4 is 20.0 Å². The molecule has 124 valence electrons. The van der Waals surface area contributed by atoms with Crippen molar-refractivity contribution in [3.05, 3.63) is 60.2 Å². The van der Waals surface area contributed by atoms with Crippen molar-refractivity contribution in [2.24, 2.45) is 5.14 Å². The highest BCUT2D eigenvalue weighted by Gasteiger charge is 2.17. The van der Waals surface area contributed by atoms with Crippen molar-refractivity contribution < 1.29 is 16.8 Å². The van der Waals surface area contributed by atoms with Crippen molar-refractivity contribution in [2.45, 2.75) is 22.6 Å². The maximum atomic E-state index is 12.2. The summed E-state index contributed by atoms with van der Waals surface area (Å²) < 4.78 is 49.4. The van der Waals surface area contributed by atoms with Gasteiger partial charge in [0.05, 0.1) is 9.79 Å². The second kappa shape index (κ2) is 6.79. The number of sulfonamides is 2. The molecule has 23 heavy (non-hydrogen) atoms. The smallest absolute Gasteiger partial charge is 0.225 e. The Morgan fingerprint density at radius 3 is 1.96 bits per heavy atom. The second-order valence-electron chi connectivity index (χ2n) is 5.18. The topological polar surface area (TPSA) is 106 Å². The normalized spacial score (nSPS) is 13.7. The molecular weight excluding hydrogens is 336 g/mol. The molecule has 0 aliphatic rings. The standard InChI is InChI=1S/C15H18N2O4S2/c1-12(13-5-3-2-4-6-13)11-17-23(20,21)15-9-7-14(8-10-15)22(16,18)19/h2-10,12,17H,11H2,1H3,(H2,16,18,19)/t12-/m0/s1. The Kier molecular flexibility index (Phi) is 5.20. The number of nitrogens with one attached hydrogen (secondary N) is 1. The number of nitrogens with two attached hydrogens (primary N) is 1. The van der Waals surface area contributed by atoms with Crippen LogP contribution in [0.4, 0.5) is 0 Å². The molecule has 0 bridgehead atoms. The van der Waals surface area contributed by atoms with Gasteiger partial charge in [-0.15, -0.1) is 0 Å². The van der Waals surface area contributed by atoms with Crippen LogP contribution in [0, 0.1) is 0 Å². The molecule has 1 atom stereocenters. The summed E-state index contributed by atoms with van der Waals surface area (Å²) in [5.74, 6) is 0.00895. The van der Waals surface area contributed by atoms with Gasteiger partial charge in [-0.05, 0) is 35.7 Å². The molecular formula is C15H18N2O4S2. The van der Waals surface area contributed by atoms with E-state index in [2.05, 4.69) is 4.72 Å². The molecule has 0 saturated carbocycles. The molecule has 0 fully saturated rings. The minimum atomic E-state index is -3.84. The molecule has 0 aliphatic carbocycles. The minimum Gasteiger partial charge on any atom is -0.225 e. The first-order valence-electron chi connectivity index (χ1n) is 6.87. The lowest BCUT2D eigenvalue weighted by molar-refractivity contribution is 0.574. The molecule has 0 aromatic heterocycles. The largest absolute Gasteiger partial charge is 0.240 e. The van der Waals surface area contributed by atoms with Crippen LogP contribution in [0.15, 0.2) is 64.4 Å². The van der Waals surface area contributed by atoms with Crippen molar-refractivity contribution in [1.82, 2.24) is 4.72 Å². The van der Waals surface area contributed by atoms with Gasteiger partial charge in [-0.1, -0.05) is 37.3 Å². The highest BCUT2D eigenvalue weighted by molar-refractivity contribution is 7.89. The summed E-state index contributed by atoms with van der Waals surface area (Å²) in [5.41, 5.74) is 1.03. The highest BCUT2D eigenvalue weighted by Crippen LogP contribution is 2.16. The van der Waals surface area contributed by atoms with Crippen molar-refractivity contribution in [3.63, 3.8) is 0 Å². The number of hydrogen-bond acceptors (Lipinski definition) is 4. The molecule has 0 aliphatic heterocycles. The van der Waals surface area contributed by atoms with E-state index in [1.165, 1.54) is 24.3 Å². The Hall–Kier alpha value is -1.74. The fourth-order valence-electron chi connectivity index (χ4n) is 2.03. The summed E-state index contributed by atoms with van der Waals surface area (Å²) in [6.45, 7) is 2.16. The van der Waals surface area contributed by atoms with Gasteiger partial charge in [0, 0.05) is 6.54 Å². The minimum absolute atomic E-state index is 0.00895. The number of primary sulfonamides is 1. The van der Waals surface area contributed by atoms with E-state index in [4.69, 9.17) is 5.14 Å². The third kappa shape index (κ3) is 4.61. The number of benzene rings is 2. The van der Waals surface area contributed by atoms with Crippen LogP contribution in [0.25, 0.3) is 0 Å². The molecule has 0 saturated heterocycles. The highest BCUT2D eigenvalue weighted by atomic mass is 32.2. The van der Waals surface area contributed by atoms with Crippen LogP contribution in [0.5, 0.6) is 0 Å². The molecule has 3 N–H and O–H groups in total. The van der Waals surface area contributed by atoms with E-state index in [1.54, 1.807) is 0 Å². The van der Waals surface area contributed by atoms with E-state index in [-0.39, 0.29) is 22.3 Å². The Bertz CT molecular complexity index is 861. The number of rotatable bonds is 6. The zero-order chi connectivity index (χ0) is 17.1. The average Bonchev–Trinajstić information content (AvgIpc) is 2.53. The Labute approximate surface area is 136 Å². The van der Waals surface area contributed by atoms with Crippen LogP contribution in [0.1, 0.15) is 18.4 Å². The van der Waals surface area contributed by atoms with E-state index < -0.39 is 20.0 Å². The van der Waals surface area contributed by atoms with Gasteiger partial charge < -0.3 is 0 Å². The average molecular weight is 354 g/mol. The second-order valence-corrected chi connectivity index (χ2v) is 8.51. The lowest BCUT2D eigenvalue weighted by Crippen LogP contribution is -2.27. The summed E-state index contributed by atoms with van der Waals surface area (Å²) >= 11 is 0. The van der Waals surface area contributed by atoms with Gasteiger partial charge in [-0.2, -0.15) is 0 Å². The zero-order valence-corrected chi connectivity index (χ0v) is 14.1. The molecule has 8 heteroatoms. The summed E-state index contributed by atoms with van der Waals surface area (Å²) in [6.07, 6.45) is 0. The molecule has 0 unspecified atom stereocenters. The predicted molar refractivity (Wildman–Crippen MR) is 87.9 cm³/mol. The summed E-state index contributed by atoms with van der Waals surface area (Å²) in [4.78, 5) is -0.140. The lowest BCUT2D eigenvalue weighted by Gasteiger charge is -2.13. The molecule has 2 rings (SSSR count). The fraction of sp³-hybridized carbons (Fsp3) is 0.200. The lowest BCUT2D eigenvalue weighted by atomic mass is 10.0. The first kappa shape index (κ1) is 17.6. The zero-order valence-electron chi connectivity index (χ0n) is 12.5. The Balaban J connectivity index is 2.10. The first-order valence-corrected chi connectivity index (χ1v) is 9.90. The van der Waals surface area contributed by atoms with Crippen LogP contribution >= 0.6 is 0 Å². The van der Waals surface area contributed by atoms with Gasteiger partial charge in [0.2, 0.25) is 20.0 Å². The van der Waals surface area contributed by atoms with Crippen molar-refractivity contribution in [2.75, 3.05) is 6.54 Å². The van der Waals surface area contributed by atoms with Crippen LogP contribution < -0.4 is 9.86 Å². The molecule has 6 nitrogen and oxygen atoms in total. The van der Waals surface area contributed by atoms with Gasteiger partial charge in [-0.25, -0.2) is 26.7 Å². The van der Waals surface area contributed by atoms with Gasteiger partial charge in [0.25, 0.3) is 0 Å². The van der Waals surface area contributed by atoms with Crippen LogP contribution in [0.2, 0.25) is 0 Å². The van der Waals surface area contributed by atoms with Crippen LogP contribution in [0.3, 0.4) is 0 Å². The van der Waals surface area contributed by atoms with Crippen molar-refractivity contribution in [3.8, 4) is 0 Å². The van der Waals surface area contributed by atoms with E-state index in [0.29, 0.717) is 0 Å². The summed E-state index contributed by atoms with van der Waals surface area (Å²) in [6, 6.07) is 14.3. The molecule has 0 radical (unpaired) electrons. The third-order valence-electron chi connectivity index (χ3n) is 3.41. The first-order chi connectivity index (χ1) is 10.7. The quantitative estimate of drug-likeness (QED) is 0.818. The van der Waals surface area contributed by atoms with Crippen LogP contribution in [-0.2, 0) is 20.0 Å². The Morgan fingerprint density at radius 1 is 0.913 bits per heavy atom. The van der Waals surface area contributed by atoms with Gasteiger partial charge in [0.15, 0.2) is 0 Å². The summed E-state index contributed by atoms with van der Waals surface area (Å²) in [7, 11) is -7.55. The van der Waals surface area contributed by atoms with Gasteiger partial charge in [-0.3, -0.25) is 0 Å².